The summed E-state index contributed by atoms with van der Waals surface area (Å²) in [6, 6.07) is 0. The van der Waals surface area contributed by atoms with Crippen molar-refractivity contribution in [1.82, 2.24) is 0 Å². The molecule has 1 unspecified atom stereocenters. The molecule has 0 heterocycles. The van der Waals surface area contributed by atoms with Gasteiger partial charge in [0, 0.05) is 0 Å². The minimum atomic E-state index is 0.819. The molecule has 0 spiro atoms. The molecular formula is C15H24. The van der Waals surface area contributed by atoms with Crippen molar-refractivity contribution >= 4 is 0 Å². The summed E-state index contributed by atoms with van der Waals surface area (Å²) in [5.41, 5.74) is 1.72. The van der Waals surface area contributed by atoms with Crippen LogP contribution in [0.25, 0.3) is 0 Å². The van der Waals surface area contributed by atoms with E-state index in [1.807, 2.05) is 0 Å². The summed E-state index contributed by atoms with van der Waals surface area (Å²) in [5.74, 6) is 0.819. The van der Waals surface area contributed by atoms with E-state index >= 15 is 0 Å². The molecule has 0 heteroatoms. The summed E-state index contributed by atoms with van der Waals surface area (Å²) in [6.07, 6.45) is 19.1. The van der Waals surface area contributed by atoms with Gasteiger partial charge in [-0.1, -0.05) is 49.3 Å². The zero-order valence-corrected chi connectivity index (χ0v) is 10.2. The first-order chi connectivity index (χ1) is 7.38. The SMILES string of the molecule is C/C=C\C=C/CC(CCC)C1=CCCC1. The molecule has 0 saturated carbocycles. The van der Waals surface area contributed by atoms with Gasteiger partial charge in [-0.25, -0.2) is 0 Å². The molecule has 1 aliphatic carbocycles. The van der Waals surface area contributed by atoms with Crippen LogP contribution in [0.15, 0.2) is 36.0 Å². The molecule has 15 heavy (non-hydrogen) atoms. The lowest BCUT2D eigenvalue weighted by atomic mass is 9.90. The van der Waals surface area contributed by atoms with Gasteiger partial charge >= 0.3 is 0 Å². The van der Waals surface area contributed by atoms with Gasteiger partial charge < -0.3 is 0 Å². The highest BCUT2D eigenvalue weighted by Gasteiger charge is 2.14. The second kappa shape index (κ2) is 7.50. The van der Waals surface area contributed by atoms with E-state index in [9.17, 15) is 0 Å². The van der Waals surface area contributed by atoms with Crippen molar-refractivity contribution in [3.05, 3.63) is 36.0 Å². The fourth-order valence-corrected chi connectivity index (χ4v) is 2.30. The summed E-state index contributed by atoms with van der Waals surface area (Å²) < 4.78 is 0. The van der Waals surface area contributed by atoms with Gasteiger partial charge in [0.15, 0.2) is 0 Å². The standard InChI is InChI=1S/C15H24/c1-3-5-6-7-11-14(10-4-2)15-12-8-9-13-15/h3,5-7,12,14H,4,8-11,13H2,1-2H3/b5-3-,7-6-. The molecule has 0 fully saturated rings. The monoisotopic (exact) mass is 204 g/mol. The molecule has 1 rings (SSSR count). The fraction of sp³-hybridized carbons (Fsp3) is 0.600. The Morgan fingerprint density at radius 3 is 2.87 bits per heavy atom. The van der Waals surface area contributed by atoms with E-state index in [0.717, 1.165) is 5.92 Å². The first-order valence-electron chi connectivity index (χ1n) is 6.35. The zero-order chi connectivity index (χ0) is 10.9. The van der Waals surface area contributed by atoms with Crippen molar-refractivity contribution in [2.75, 3.05) is 0 Å². The molecule has 0 aromatic carbocycles. The molecule has 0 aromatic rings. The van der Waals surface area contributed by atoms with Crippen molar-refractivity contribution in [3.8, 4) is 0 Å². The maximum atomic E-state index is 2.48. The van der Waals surface area contributed by atoms with Gasteiger partial charge in [-0.3, -0.25) is 0 Å². The Labute approximate surface area is 94.8 Å². The predicted molar refractivity (Wildman–Crippen MR) is 68.9 cm³/mol. The van der Waals surface area contributed by atoms with Crippen LogP contribution in [-0.4, -0.2) is 0 Å². The van der Waals surface area contributed by atoms with Crippen LogP contribution in [0.1, 0.15) is 52.4 Å². The van der Waals surface area contributed by atoms with Gasteiger partial charge in [0.2, 0.25) is 0 Å². The van der Waals surface area contributed by atoms with E-state index in [0.29, 0.717) is 0 Å². The zero-order valence-electron chi connectivity index (χ0n) is 10.2. The van der Waals surface area contributed by atoms with Crippen molar-refractivity contribution in [2.24, 2.45) is 5.92 Å². The summed E-state index contributed by atoms with van der Waals surface area (Å²) in [6.45, 7) is 4.35. The lowest BCUT2D eigenvalue weighted by Crippen LogP contribution is -2.01. The Morgan fingerprint density at radius 2 is 2.27 bits per heavy atom. The largest absolute Gasteiger partial charge is 0.0877 e. The third-order valence-electron chi connectivity index (χ3n) is 3.10. The van der Waals surface area contributed by atoms with Crippen molar-refractivity contribution in [3.63, 3.8) is 0 Å². The maximum absolute atomic E-state index is 2.48. The van der Waals surface area contributed by atoms with Gasteiger partial charge in [0.1, 0.15) is 0 Å². The second-order valence-corrected chi connectivity index (χ2v) is 4.35. The summed E-state index contributed by atoms with van der Waals surface area (Å²) in [4.78, 5) is 0. The molecule has 0 aliphatic heterocycles. The van der Waals surface area contributed by atoms with E-state index in [1.165, 1.54) is 38.5 Å². The first-order valence-corrected chi connectivity index (χ1v) is 6.35. The van der Waals surface area contributed by atoms with Crippen molar-refractivity contribution in [2.45, 2.75) is 52.4 Å². The molecule has 1 atom stereocenters. The summed E-state index contributed by atoms with van der Waals surface area (Å²) in [7, 11) is 0. The topological polar surface area (TPSA) is 0 Å². The van der Waals surface area contributed by atoms with Crippen LogP contribution in [0.4, 0.5) is 0 Å². The third kappa shape index (κ3) is 4.51. The highest BCUT2D eigenvalue weighted by molar-refractivity contribution is 5.13. The normalized spacial score (nSPS) is 18.9. The van der Waals surface area contributed by atoms with Crippen LogP contribution in [0.2, 0.25) is 0 Å². The van der Waals surface area contributed by atoms with E-state index in [-0.39, 0.29) is 0 Å². The highest BCUT2D eigenvalue weighted by atomic mass is 14.2. The molecule has 1 aliphatic rings. The highest BCUT2D eigenvalue weighted by Crippen LogP contribution is 2.30. The van der Waals surface area contributed by atoms with E-state index in [1.54, 1.807) is 5.57 Å². The third-order valence-corrected chi connectivity index (χ3v) is 3.10. The predicted octanol–water partition coefficient (Wildman–Crippen LogP) is 5.04. The number of hydrogen-bond donors (Lipinski definition) is 0. The number of allylic oxidation sites excluding steroid dienone is 6. The summed E-state index contributed by atoms with van der Waals surface area (Å²) >= 11 is 0. The Bertz CT molecular complexity index is 243. The molecular weight excluding hydrogens is 180 g/mol. The Balaban J connectivity index is 2.42. The molecule has 0 saturated heterocycles. The fourth-order valence-electron chi connectivity index (χ4n) is 2.30. The van der Waals surface area contributed by atoms with E-state index in [4.69, 9.17) is 0 Å². The van der Waals surface area contributed by atoms with Crippen LogP contribution in [0.3, 0.4) is 0 Å². The van der Waals surface area contributed by atoms with Crippen LogP contribution in [-0.2, 0) is 0 Å². The molecule has 0 radical (unpaired) electrons. The molecule has 0 amide bonds. The van der Waals surface area contributed by atoms with Gasteiger partial charge in [-0.15, -0.1) is 0 Å². The van der Waals surface area contributed by atoms with Crippen LogP contribution < -0.4 is 0 Å². The summed E-state index contributed by atoms with van der Waals surface area (Å²) in [5, 5.41) is 0. The molecule has 0 aromatic heterocycles. The van der Waals surface area contributed by atoms with Gasteiger partial charge in [-0.2, -0.15) is 0 Å². The van der Waals surface area contributed by atoms with Crippen molar-refractivity contribution < 1.29 is 0 Å². The second-order valence-electron chi connectivity index (χ2n) is 4.35. The molecule has 0 bridgehead atoms. The Hall–Kier alpha value is -0.780. The lowest BCUT2D eigenvalue weighted by molar-refractivity contribution is 0.544. The first kappa shape index (κ1) is 12.3. The van der Waals surface area contributed by atoms with Gasteiger partial charge in [-0.05, 0) is 44.9 Å². The van der Waals surface area contributed by atoms with Gasteiger partial charge in [0.05, 0.1) is 0 Å². The van der Waals surface area contributed by atoms with Crippen LogP contribution in [0.5, 0.6) is 0 Å². The quantitative estimate of drug-likeness (QED) is 0.420. The maximum Gasteiger partial charge on any atom is -0.0169 e. The average Bonchev–Trinajstić information content (AvgIpc) is 2.76. The minimum Gasteiger partial charge on any atom is -0.0877 e. The van der Waals surface area contributed by atoms with E-state index in [2.05, 4.69) is 44.2 Å². The lowest BCUT2D eigenvalue weighted by Gasteiger charge is -2.15. The molecule has 84 valence electrons. The van der Waals surface area contributed by atoms with E-state index < -0.39 is 0 Å². The smallest absolute Gasteiger partial charge is 0.0169 e. The van der Waals surface area contributed by atoms with Gasteiger partial charge in [0.25, 0.3) is 0 Å². The Kier molecular flexibility index (Phi) is 6.15. The average molecular weight is 204 g/mol. The van der Waals surface area contributed by atoms with Crippen molar-refractivity contribution in [1.29, 1.82) is 0 Å². The van der Waals surface area contributed by atoms with Crippen LogP contribution >= 0.6 is 0 Å². The molecule has 0 nitrogen and oxygen atoms in total. The molecule has 0 N–H and O–H groups in total. The minimum absolute atomic E-state index is 0.819. The Morgan fingerprint density at radius 1 is 1.40 bits per heavy atom. The van der Waals surface area contributed by atoms with Crippen LogP contribution in [0, 0.1) is 5.92 Å². The number of rotatable bonds is 6. The number of hydrogen-bond acceptors (Lipinski definition) is 0.